The number of phenols is 1. The number of rotatable bonds is 5. The zero-order valence-electron chi connectivity index (χ0n) is 19.7. The quantitative estimate of drug-likeness (QED) is 0.506. The van der Waals surface area contributed by atoms with Crippen molar-refractivity contribution in [1.82, 2.24) is 19.8 Å². The summed E-state index contributed by atoms with van der Waals surface area (Å²) in [5, 5.41) is 25.0. The summed E-state index contributed by atoms with van der Waals surface area (Å²) in [5.41, 5.74) is 5.65. The average Bonchev–Trinajstić information content (AvgIpc) is 3.31. The molecule has 6 nitrogen and oxygen atoms in total. The van der Waals surface area contributed by atoms with Crippen LogP contribution in [-0.2, 0) is 5.41 Å². The van der Waals surface area contributed by atoms with E-state index in [9.17, 15) is 5.11 Å². The van der Waals surface area contributed by atoms with E-state index in [1.165, 1.54) is 11.3 Å². The second kappa shape index (κ2) is 8.26. The number of aryl methyl sites for hydroxylation is 1. The molecule has 0 aliphatic carbocycles. The number of para-hydroxylation sites is 1. The molecule has 2 aromatic heterocycles. The van der Waals surface area contributed by atoms with Crippen molar-refractivity contribution in [3.8, 4) is 17.1 Å². The standard InChI is InChI=1S/C26H31N5O/c1-7-30(8-2)19-14-13-18(17(3)15-19)16-21-23(26(4,5)6)29-31-24(27-28-25(21)31)20-11-9-10-12-22(20)32/h9-16,32H,7-8H2,1-6H3/b21-16-. The molecule has 0 bridgehead atoms. The molecule has 0 saturated heterocycles. The molecular weight excluding hydrogens is 398 g/mol. The van der Waals surface area contributed by atoms with Gasteiger partial charge in [-0.2, -0.15) is 9.61 Å². The van der Waals surface area contributed by atoms with Crippen LogP contribution >= 0.6 is 0 Å². The number of hydrogen-bond acceptors (Lipinski definition) is 5. The molecule has 0 radical (unpaired) electrons. The molecular formula is C26H31N5O. The molecule has 0 unspecified atom stereocenters. The Labute approximate surface area is 189 Å². The van der Waals surface area contributed by atoms with E-state index in [-0.39, 0.29) is 11.2 Å². The maximum absolute atomic E-state index is 10.3. The van der Waals surface area contributed by atoms with Gasteiger partial charge in [-0.25, -0.2) is 0 Å². The Hall–Kier alpha value is -3.41. The van der Waals surface area contributed by atoms with Crippen LogP contribution in [0.2, 0.25) is 0 Å². The number of nitrogens with zero attached hydrogens (tertiary/aromatic N) is 5. The number of anilines is 1. The third kappa shape index (κ3) is 3.81. The minimum atomic E-state index is -0.183. The number of phenolic OH excluding ortho intramolecular Hbond substituents is 1. The number of benzene rings is 2. The summed E-state index contributed by atoms with van der Waals surface area (Å²) < 4.78 is 1.75. The highest BCUT2D eigenvalue weighted by Crippen LogP contribution is 2.28. The van der Waals surface area contributed by atoms with Crippen molar-refractivity contribution in [2.45, 2.75) is 47.0 Å². The summed E-state index contributed by atoms with van der Waals surface area (Å²) >= 11 is 0. The highest BCUT2D eigenvalue weighted by Gasteiger charge is 2.24. The topological polar surface area (TPSA) is 66.6 Å². The smallest absolute Gasteiger partial charge is 0.189 e. The molecule has 4 rings (SSSR count). The van der Waals surface area contributed by atoms with E-state index in [0.717, 1.165) is 29.6 Å². The Bertz CT molecular complexity index is 1310. The molecule has 4 aromatic rings. The Kier molecular flexibility index (Phi) is 5.63. The van der Waals surface area contributed by atoms with Crippen molar-refractivity contribution in [3.63, 3.8) is 0 Å². The van der Waals surface area contributed by atoms with E-state index >= 15 is 0 Å². The minimum absolute atomic E-state index is 0.162. The summed E-state index contributed by atoms with van der Waals surface area (Å²) in [6, 6.07) is 13.7. The lowest BCUT2D eigenvalue weighted by atomic mass is 9.90. The average molecular weight is 430 g/mol. The Morgan fingerprint density at radius 3 is 2.38 bits per heavy atom. The van der Waals surface area contributed by atoms with E-state index in [4.69, 9.17) is 5.10 Å². The summed E-state index contributed by atoms with van der Waals surface area (Å²) in [7, 11) is 0. The normalized spacial score (nSPS) is 12.6. The van der Waals surface area contributed by atoms with Crippen molar-refractivity contribution < 1.29 is 5.11 Å². The van der Waals surface area contributed by atoms with Crippen LogP contribution in [-0.4, -0.2) is 38.0 Å². The first kappa shape index (κ1) is 21.8. The molecule has 0 atom stereocenters. The number of fused-ring (bicyclic) bond motifs is 1. The minimum Gasteiger partial charge on any atom is -0.507 e. The lowest BCUT2D eigenvalue weighted by Crippen LogP contribution is -2.22. The van der Waals surface area contributed by atoms with Gasteiger partial charge in [-0.05, 0) is 62.2 Å². The van der Waals surface area contributed by atoms with E-state index < -0.39 is 0 Å². The SMILES string of the molecule is CCN(CC)c1ccc(/C=c2/c(C(C)(C)C)nn3c(-c4ccccc4O)nnc23)c(C)c1. The van der Waals surface area contributed by atoms with Gasteiger partial charge in [0.2, 0.25) is 0 Å². The lowest BCUT2D eigenvalue weighted by molar-refractivity contribution is 0.476. The van der Waals surface area contributed by atoms with Gasteiger partial charge in [0.1, 0.15) is 5.75 Å². The Morgan fingerprint density at radius 2 is 1.75 bits per heavy atom. The van der Waals surface area contributed by atoms with E-state index in [1.807, 2.05) is 12.1 Å². The van der Waals surface area contributed by atoms with Gasteiger partial charge >= 0.3 is 0 Å². The van der Waals surface area contributed by atoms with Crippen LogP contribution < -0.4 is 10.1 Å². The van der Waals surface area contributed by atoms with Gasteiger partial charge in [0.25, 0.3) is 0 Å². The van der Waals surface area contributed by atoms with Crippen LogP contribution in [0.25, 0.3) is 23.1 Å². The fraction of sp³-hybridized carbons (Fsp3) is 0.346. The molecule has 0 saturated carbocycles. The molecule has 6 heteroatoms. The summed E-state index contributed by atoms with van der Waals surface area (Å²) in [4.78, 5) is 2.34. The second-order valence-corrected chi connectivity index (χ2v) is 9.15. The van der Waals surface area contributed by atoms with Crippen molar-refractivity contribution in [2.75, 3.05) is 18.0 Å². The molecule has 0 amide bonds. The lowest BCUT2D eigenvalue weighted by Gasteiger charge is -2.22. The van der Waals surface area contributed by atoms with Crippen molar-refractivity contribution in [2.24, 2.45) is 0 Å². The Morgan fingerprint density at radius 1 is 1.03 bits per heavy atom. The molecule has 166 valence electrons. The number of aromatic nitrogens is 4. The molecule has 2 aromatic carbocycles. The molecule has 0 fully saturated rings. The third-order valence-electron chi connectivity index (χ3n) is 5.87. The van der Waals surface area contributed by atoms with E-state index in [0.29, 0.717) is 17.0 Å². The van der Waals surface area contributed by atoms with Gasteiger partial charge in [0, 0.05) is 29.4 Å². The van der Waals surface area contributed by atoms with Crippen LogP contribution in [0.5, 0.6) is 5.75 Å². The predicted molar refractivity (Wildman–Crippen MR) is 130 cm³/mol. The zero-order valence-corrected chi connectivity index (χ0v) is 19.7. The maximum Gasteiger partial charge on any atom is 0.189 e. The predicted octanol–water partition coefficient (Wildman–Crippen LogP) is 4.50. The van der Waals surface area contributed by atoms with Gasteiger partial charge in [-0.3, -0.25) is 0 Å². The van der Waals surface area contributed by atoms with E-state index in [2.05, 4.69) is 80.9 Å². The van der Waals surface area contributed by atoms with Crippen LogP contribution in [0.1, 0.15) is 51.4 Å². The zero-order chi connectivity index (χ0) is 23.0. The monoisotopic (exact) mass is 429 g/mol. The van der Waals surface area contributed by atoms with Gasteiger partial charge < -0.3 is 10.0 Å². The van der Waals surface area contributed by atoms with Crippen LogP contribution in [0.15, 0.2) is 42.5 Å². The van der Waals surface area contributed by atoms with Crippen molar-refractivity contribution in [3.05, 3.63) is 64.5 Å². The molecule has 0 aliphatic rings. The second-order valence-electron chi connectivity index (χ2n) is 9.15. The van der Waals surface area contributed by atoms with Crippen molar-refractivity contribution in [1.29, 1.82) is 0 Å². The van der Waals surface area contributed by atoms with Crippen LogP contribution in [0, 0.1) is 6.92 Å². The summed E-state index contributed by atoms with van der Waals surface area (Å²) in [5.74, 6) is 0.701. The first-order valence-electron chi connectivity index (χ1n) is 11.2. The fourth-order valence-electron chi connectivity index (χ4n) is 4.08. The Balaban J connectivity index is 1.92. The number of aromatic hydroxyl groups is 1. The largest absolute Gasteiger partial charge is 0.507 e. The van der Waals surface area contributed by atoms with Gasteiger partial charge in [-0.15, -0.1) is 10.2 Å². The third-order valence-corrected chi connectivity index (χ3v) is 5.87. The highest BCUT2D eigenvalue weighted by atomic mass is 16.3. The molecule has 2 heterocycles. The molecule has 1 N–H and O–H groups in total. The highest BCUT2D eigenvalue weighted by molar-refractivity contribution is 5.69. The van der Waals surface area contributed by atoms with Crippen molar-refractivity contribution >= 4 is 17.4 Å². The van der Waals surface area contributed by atoms with Crippen LogP contribution in [0.4, 0.5) is 5.69 Å². The molecule has 32 heavy (non-hydrogen) atoms. The summed E-state index contributed by atoms with van der Waals surface area (Å²) in [6.07, 6.45) is 2.16. The number of hydrogen-bond donors (Lipinski definition) is 1. The van der Waals surface area contributed by atoms with Crippen LogP contribution in [0.3, 0.4) is 0 Å². The summed E-state index contributed by atoms with van der Waals surface area (Å²) in [6.45, 7) is 14.9. The van der Waals surface area contributed by atoms with Gasteiger partial charge in [0.05, 0.1) is 11.3 Å². The van der Waals surface area contributed by atoms with Gasteiger partial charge in [-0.1, -0.05) is 39.0 Å². The van der Waals surface area contributed by atoms with E-state index in [1.54, 1.807) is 16.6 Å². The maximum atomic E-state index is 10.3. The first-order valence-corrected chi connectivity index (χ1v) is 11.2. The molecule has 0 aliphatic heterocycles. The first-order chi connectivity index (χ1) is 15.2. The fourth-order valence-corrected chi connectivity index (χ4v) is 4.08. The van der Waals surface area contributed by atoms with Gasteiger partial charge in [0.15, 0.2) is 11.5 Å². The molecule has 0 spiro atoms.